The zero-order valence-electron chi connectivity index (χ0n) is 20.0. The summed E-state index contributed by atoms with van der Waals surface area (Å²) in [5.74, 6) is 1.10. The minimum Gasteiger partial charge on any atom is -0.542 e. The lowest BCUT2D eigenvalue weighted by Crippen LogP contribution is -2.44. The normalized spacial score (nSPS) is 16.6. The Labute approximate surface area is 206 Å². The number of rotatable bonds is 3. The molecule has 0 bridgehead atoms. The van der Waals surface area contributed by atoms with Gasteiger partial charge >= 0.3 is 0 Å². The van der Waals surface area contributed by atoms with Crippen molar-refractivity contribution in [2.24, 2.45) is 0 Å². The molecule has 2 aromatic carbocycles. The average Bonchev–Trinajstić information content (AvgIpc) is 2.69. The van der Waals surface area contributed by atoms with Gasteiger partial charge in [0.05, 0.1) is 4.47 Å². The van der Waals surface area contributed by atoms with Crippen LogP contribution in [-0.2, 0) is 25.7 Å². The summed E-state index contributed by atoms with van der Waals surface area (Å²) in [7, 11) is -1.99. The van der Waals surface area contributed by atoms with Gasteiger partial charge in [0.15, 0.2) is 0 Å². The fourth-order valence-corrected chi connectivity index (χ4v) is 7.15. The van der Waals surface area contributed by atoms with Crippen molar-refractivity contribution in [2.75, 3.05) is 0 Å². The number of fused-ring (bicyclic) bond motifs is 2. The van der Waals surface area contributed by atoms with Gasteiger partial charge < -0.3 is 4.43 Å². The van der Waals surface area contributed by atoms with E-state index in [1.165, 1.54) is 82.8 Å². The fourth-order valence-electron chi connectivity index (χ4n) is 4.94. The van der Waals surface area contributed by atoms with E-state index < -0.39 is 8.32 Å². The molecule has 0 spiro atoms. The topological polar surface area (TPSA) is 9.23 Å². The predicted molar refractivity (Wildman–Crippen MR) is 143 cm³/mol. The first-order chi connectivity index (χ1) is 14.5. The molecule has 0 amide bonds. The second kappa shape index (κ2) is 8.65. The molecule has 168 valence electrons. The van der Waals surface area contributed by atoms with E-state index in [0.717, 1.165) is 16.6 Å². The third-order valence-electron chi connectivity index (χ3n) is 7.82. The van der Waals surface area contributed by atoms with Gasteiger partial charge in [0.25, 0.3) is 8.32 Å². The van der Waals surface area contributed by atoms with Crippen LogP contribution < -0.4 is 4.43 Å². The van der Waals surface area contributed by atoms with E-state index in [2.05, 4.69) is 84.8 Å². The van der Waals surface area contributed by atoms with Gasteiger partial charge in [-0.3, -0.25) is 0 Å². The zero-order chi connectivity index (χ0) is 22.6. The van der Waals surface area contributed by atoms with E-state index in [0.29, 0.717) is 0 Å². The number of hydrogen-bond donors (Lipinski definition) is 0. The van der Waals surface area contributed by atoms with Crippen molar-refractivity contribution < 1.29 is 4.43 Å². The minimum atomic E-state index is -1.99. The van der Waals surface area contributed by atoms with Gasteiger partial charge in [0, 0.05) is 10.0 Å². The molecule has 31 heavy (non-hydrogen) atoms. The van der Waals surface area contributed by atoms with E-state index in [1.54, 1.807) is 5.56 Å². The van der Waals surface area contributed by atoms with Crippen molar-refractivity contribution in [1.29, 1.82) is 0 Å². The first-order valence-corrected chi connectivity index (χ1v) is 16.3. The van der Waals surface area contributed by atoms with E-state index in [4.69, 9.17) is 4.43 Å². The number of aryl methyl sites for hydroxylation is 2. The first kappa shape index (κ1) is 23.6. The largest absolute Gasteiger partial charge is 0.542 e. The molecule has 0 saturated heterocycles. The summed E-state index contributed by atoms with van der Waals surface area (Å²) in [4.78, 5) is 0. The van der Waals surface area contributed by atoms with Crippen LogP contribution in [0.1, 0.15) is 74.3 Å². The lowest BCUT2D eigenvalue weighted by molar-refractivity contribution is 0.489. The highest BCUT2D eigenvalue weighted by Crippen LogP contribution is 2.50. The number of halogens is 2. The van der Waals surface area contributed by atoms with Gasteiger partial charge in [-0.15, -0.1) is 0 Å². The average molecular weight is 564 g/mol. The molecule has 0 radical (unpaired) electrons. The number of hydrogen-bond acceptors (Lipinski definition) is 1. The van der Waals surface area contributed by atoms with Gasteiger partial charge in [-0.2, -0.15) is 0 Å². The van der Waals surface area contributed by atoms with Crippen LogP contribution in [0.15, 0.2) is 21.1 Å². The van der Waals surface area contributed by atoms with E-state index in [9.17, 15) is 0 Å². The van der Waals surface area contributed by atoms with Crippen LogP contribution in [0, 0.1) is 6.92 Å². The summed E-state index contributed by atoms with van der Waals surface area (Å²) in [6.45, 7) is 14.0. The highest BCUT2D eigenvalue weighted by atomic mass is 79.9. The Morgan fingerprint density at radius 2 is 1.26 bits per heavy atom. The van der Waals surface area contributed by atoms with Crippen LogP contribution in [0.25, 0.3) is 11.1 Å². The Balaban J connectivity index is 2.04. The van der Waals surface area contributed by atoms with Gasteiger partial charge in [0.1, 0.15) is 5.75 Å². The standard InChI is InChI=1S/C27H36Br2OSi/c1-17-22(28)15-18-11-7-9-13-20(18)24(17)25-21-14-10-8-12-19(21)16-23(29)26(25)30-31(5,6)27(2,3)4/h15-16H,7-14H2,1-6H3. The van der Waals surface area contributed by atoms with Gasteiger partial charge in [-0.25, -0.2) is 0 Å². The molecule has 2 aromatic rings. The third kappa shape index (κ3) is 4.34. The van der Waals surface area contributed by atoms with Gasteiger partial charge in [0.2, 0.25) is 0 Å². The van der Waals surface area contributed by atoms with E-state index in [-0.39, 0.29) is 5.04 Å². The lowest BCUT2D eigenvalue weighted by atomic mass is 9.79. The molecule has 0 saturated carbocycles. The summed E-state index contributed by atoms with van der Waals surface area (Å²) in [6, 6.07) is 4.74. The lowest BCUT2D eigenvalue weighted by Gasteiger charge is -2.38. The monoisotopic (exact) mass is 562 g/mol. The SMILES string of the molecule is Cc1c(Br)cc2c(c1-c1c3c(cc(Br)c1O[Si](C)(C)C(C)(C)C)CCCC3)CCCC2. The second-order valence-electron chi connectivity index (χ2n) is 11.0. The molecule has 4 heteroatoms. The molecule has 0 aromatic heterocycles. The van der Waals surface area contributed by atoms with Gasteiger partial charge in [-0.1, -0.05) is 36.7 Å². The van der Waals surface area contributed by atoms with Crippen LogP contribution in [0.5, 0.6) is 5.75 Å². The smallest absolute Gasteiger partial charge is 0.250 e. The van der Waals surface area contributed by atoms with E-state index >= 15 is 0 Å². The fraction of sp³-hybridized carbons (Fsp3) is 0.556. The molecule has 0 atom stereocenters. The minimum absolute atomic E-state index is 0.158. The van der Waals surface area contributed by atoms with Crippen LogP contribution >= 0.6 is 31.9 Å². The van der Waals surface area contributed by atoms with E-state index in [1.807, 2.05) is 0 Å². The molecule has 0 heterocycles. The highest BCUT2D eigenvalue weighted by molar-refractivity contribution is 9.10. The predicted octanol–water partition coefficient (Wildman–Crippen LogP) is 9.33. The molecule has 2 aliphatic carbocycles. The molecular formula is C27H36Br2OSi. The Kier molecular flexibility index (Phi) is 6.57. The molecule has 4 rings (SSSR count). The van der Waals surface area contributed by atoms with Crippen LogP contribution in [0.3, 0.4) is 0 Å². The second-order valence-corrected chi connectivity index (χ2v) is 17.4. The summed E-state index contributed by atoms with van der Waals surface area (Å²) in [6.07, 6.45) is 9.85. The Morgan fingerprint density at radius 3 is 1.81 bits per heavy atom. The first-order valence-electron chi connectivity index (χ1n) is 11.9. The third-order valence-corrected chi connectivity index (χ3v) is 13.6. The highest BCUT2D eigenvalue weighted by Gasteiger charge is 2.40. The summed E-state index contributed by atoms with van der Waals surface area (Å²) in [5, 5.41) is 0.158. The van der Waals surface area contributed by atoms with Crippen molar-refractivity contribution in [2.45, 2.75) is 97.2 Å². The zero-order valence-corrected chi connectivity index (χ0v) is 24.1. The Bertz CT molecular complexity index is 1020. The molecular weight excluding hydrogens is 528 g/mol. The van der Waals surface area contributed by atoms with Crippen molar-refractivity contribution in [3.63, 3.8) is 0 Å². The summed E-state index contributed by atoms with van der Waals surface area (Å²) in [5.41, 5.74) is 10.4. The van der Waals surface area contributed by atoms with Gasteiger partial charge in [-0.05, 0) is 138 Å². The molecule has 0 N–H and O–H groups in total. The number of benzene rings is 2. The molecule has 0 unspecified atom stereocenters. The molecule has 0 aliphatic heterocycles. The van der Waals surface area contributed by atoms with Crippen molar-refractivity contribution in [3.05, 3.63) is 48.9 Å². The quantitative estimate of drug-likeness (QED) is 0.338. The van der Waals surface area contributed by atoms with Crippen molar-refractivity contribution in [1.82, 2.24) is 0 Å². The van der Waals surface area contributed by atoms with Crippen molar-refractivity contribution >= 4 is 40.2 Å². The van der Waals surface area contributed by atoms with Crippen LogP contribution in [-0.4, -0.2) is 8.32 Å². The maximum atomic E-state index is 7.11. The molecule has 2 aliphatic rings. The van der Waals surface area contributed by atoms with Crippen LogP contribution in [0.4, 0.5) is 0 Å². The summed E-state index contributed by atoms with van der Waals surface area (Å²) < 4.78 is 9.49. The molecule has 0 fully saturated rings. The maximum absolute atomic E-state index is 7.11. The van der Waals surface area contributed by atoms with Crippen LogP contribution in [0.2, 0.25) is 18.1 Å². The Hall–Kier alpha value is -0.583. The van der Waals surface area contributed by atoms with Crippen molar-refractivity contribution in [3.8, 4) is 16.9 Å². The molecule has 1 nitrogen and oxygen atoms in total. The summed E-state index contributed by atoms with van der Waals surface area (Å²) >= 11 is 7.88. The maximum Gasteiger partial charge on any atom is 0.250 e. The Morgan fingerprint density at radius 1 is 0.774 bits per heavy atom.